The molecule has 88 valence electrons. The van der Waals surface area contributed by atoms with E-state index in [1.807, 2.05) is 12.3 Å². The standard InChI is InChI=1S/C13H20N2O/c1-11(12-5-3-7-14-9-12)15-10-13(2)6-4-8-16-13/h3,5,7,9,11,15H,4,6,8,10H2,1-2H3. The van der Waals surface area contributed by atoms with E-state index in [-0.39, 0.29) is 5.60 Å². The Bertz CT molecular complexity index is 320. The van der Waals surface area contributed by atoms with Gasteiger partial charge in [0.1, 0.15) is 0 Å². The number of ether oxygens (including phenoxy) is 1. The van der Waals surface area contributed by atoms with E-state index in [0.29, 0.717) is 6.04 Å². The number of nitrogens with zero attached hydrogens (tertiary/aromatic N) is 1. The van der Waals surface area contributed by atoms with Crippen molar-refractivity contribution < 1.29 is 4.74 Å². The summed E-state index contributed by atoms with van der Waals surface area (Å²) in [4.78, 5) is 4.13. The maximum atomic E-state index is 5.75. The highest BCUT2D eigenvalue weighted by molar-refractivity contribution is 5.12. The second-order valence-electron chi connectivity index (χ2n) is 4.79. The summed E-state index contributed by atoms with van der Waals surface area (Å²) >= 11 is 0. The molecule has 2 unspecified atom stereocenters. The van der Waals surface area contributed by atoms with Crippen molar-refractivity contribution in [2.75, 3.05) is 13.2 Å². The van der Waals surface area contributed by atoms with Crippen LogP contribution in [-0.4, -0.2) is 23.7 Å². The van der Waals surface area contributed by atoms with Gasteiger partial charge in [0.05, 0.1) is 5.60 Å². The molecule has 0 aromatic carbocycles. The highest BCUT2D eigenvalue weighted by atomic mass is 16.5. The molecule has 1 fully saturated rings. The minimum absolute atomic E-state index is 0.0243. The fourth-order valence-electron chi connectivity index (χ4n) is 2.10. The molecule has 1 aliphatic heterocycles. The lowest BCUT2D eigenvalue weighted by Gasteiger charge is -2.26. The van der Waals surface area contributed by atoms with Gasteiger partial charge in [0, 0.05) is 31.6 Å². The maximum Gasteiger partial charge on any atom is 0.0779 e. The van der Waals surface area contributed by atoms with Gasteiger partial charge in [0.25, 0.3) is 0 Å². The highest BCUT2D eigenvalue weighted by Crippen LogP contribution is 2.25. The van der Waals surface area contributed by atoms with Gasteiger partial charge < -0.3 is 10.1 Å². The van der Waals surface area contributed by atoms with Crippen LogP contribution in [-0.2, 0) is 4.74 Å². The van der Waals surface area contributed by atoms with Gasteiger partial charge in [-0.1, -0.05) is 6.07 Å². The summed E-state index contributed by atoms with van der Waals surface area (Å²) < 4.78 is 5.75. The molecule has 1 aliphatic rings. The van der Waals surface area contributed by atoms with Crippen LogP contribution in [0.4, 0.5) is 0 Å². The van der Waals surface area contributed by atoms with Crippen LogP contribution < -0.4 is 5.32 Å². The summed E-state index contributed by atoms with van der Waals surface area (Å²) in [6.07, 6.45) is 6.05. The average Bonchev–Trinajstić information content (AvgIpc) is 2.75. The molecule has 2 atom stereocenters. The van der Waals surface area contributed by atoms with Gasteiger partial charge in [-0.2, -0.15) is 0 Å². The predicted octanol–water partition coefficient (Wildman–Crippen LogP) is 2.30. The lowest BCUT2D eigenvalue weighted by Crippen LogP contribution is -2.38. The normalized spacial score (nSPS) is 26.9. The van der Waals surface area contributed by atoms with Crippen LogP contribution >= 0.6 is 0 Å². The molecule has 3 heteroatoms. The Morgan fingerprint density at radius 3 is 3.12 bits per heavy atom. The Labute approximate surface area is 97.2 Å². The number of aromatic nitrogens is 1. The van der Waals surface area contributed by atoms with Crippen LogP contribution in [0.5, 0.6) is 0 Å². The lowest BCUT2D eigenvalue weighted by atomic mass is 10.0. The molecule has 1 saturated heterocycles. The molecule has 1 N–H and O–H groups in total. The first-order valence-electron chi connectivity index (χ1n) is 5.97. The second-order valence-corrected chi connectivity index (χ2v) is 4.79. The molecule has 2 heterocycles. The second kappa shape index (κ2) is 4.93. The van der Waals surface area contributed by atoms with Gasteiger partial charge in [-0.25, -0.2) is 0 Å². The van der Waals surface area contributed by atoms with Crippen LogP contribution in [0.15, 0.2) is 24.5 Å². The summed E-state index contributed by atoms with van der Waals surface area (Å²) in [5.74, 6) is 0. The summed E-state index contributed by atoms with van der Waals surface area (Å²) in [6.45, 7) is 6.15. The number of hydrogen-bond acceptors (Lipinski definition) is 3. The maximum absolute atomic E-state index is 5.75. The SMILES string of the molecule is CC(NCC1(C)CCCO1)c1cccnc1. The molecule has 16 heavy (non-hydrogen) atoms. The van der Waals surface area contributed by atoms with Crippen molar-refractivity contribution in [2.24, 2.45) is 0 Å². The topological polar surface area (TPSA) is 34.1 Å². The summed E-state index contributed by atoms with van der Waals surface area (Å²) in [6, 6.07) is 4.40. The lowest BCUT2D eigenvalue weighted by molar-refractivity contribution is 0.0191. The van der Waals surface area contributed by atoms with E-state index in [2.05, 4.69) is 30.2 Å². The van der Waals surface area contributed by atoms with Crippen LogP contribution in [0.25, 0.3) is 0 Å². The summed E-state index contributed by atoms with van der Waals surface area (Å²) in [5, 5.41) is 3.52. The van der Waals surface area contributed by atoms with Gasteiger partial charge in [0.2, 0.25) is 0 Å². The zero-order chi connectivity index (χ0) is 11.4. The minimum atomic E-state index is 0.0243. The molecular weight excluding hydrogens is 200 g/mol. The zero-order valence-corrected chi connectivity index (χ0v) is 10.1. The smallest absolute Gasteiger partial charge is 0.0779 e. The van der Waals surface area contributed by atoms with Gasteiger partial charge >= 0.3 is 0 Å². The van der Waals surface area contributed by atoms with Crippen LogP contribution in [0, 0.1) is 0 Å². The van der Waals surface area contributed by atoms with Crippen molar-refractivity contribution in [3.8, 4) is 0 Å². The van der Waals surface area contributed by atoms with E-state index >= 15 is 0 Å². The third kappa shape index (κ3) is 2.80. The molecule has 0 radical (unpaired) electrons. The van der Waals surface area contributed by atoms with Gasteiger partial charge in [-0.3, -0.25) is 4.98 Å². The molecule has 2 rings (SSSR count). The molecule has 0 aliphatic carbocycles. The Morgan fingerprint density at radius 1 is 1.62 bits per heavy atom. The first-order chi connectivity index (χ1) is 7.70. The van der Waals surface area contributed by atoms with Crippen molar-refractivity contribution in [3.05, 3.63) is 30.1 Å². The van der Waals surface area contributed by atoms with Crippen molar-refractivity contribution in [1.29, 1.82) is 0 Å². The number of nitrogens with one attached hydrogen (secondary N) is 1. The minimum Gasteiger partial charge on any atom is -0.374 e. The van der Waals surface area contributed by atoms with E-state index in [1.165, 1.54) is 12.0 Å². The summed E-state index contributed by atoms with van der Waals surface area (Å²) in [7, 11) is 0. The van der Waals surface area contributed by atoms with E-state index < -0.39 is 0 Å². The van der Waals surface area contributed by atoms with Crippen LogP contribution in [0.3, 0.4) is 0 Å². The van der Waals surface area contributed by atoms with Crippen LogP contribution in [0.2, 0.25) is 0 Å². The van der Waals surface area contributed by atoms with Crippen molar-refractivity contribution in [2.45, 2.75) is 38.3 Å². The molecule has 0 spiro atoms. The molecule has 0 amide bonds. The summed E-state index contributed by atoms with van der Waals surface area (Å²) in [5.41, 5.74) is 1.25. The van der Waals surface area contributed by atoms with E-state index in [9.17, 15) is 0 Å². The Morgan fingerprint density at radius 2 is 2.50 bits per heavy atom. The average molecular weight is 220 g/mol. The fourth-order valence-corrected chi connectivity index (χ4v) is 2.10. The van der Waals surface area contributed by atoms with Gasteiger partial charge in [-0.15, -0.1) is 0 Å². The third-order valence-corrected chi connectivity index (χ3v) is 3.27. The van der Waals surface area contributed by atoms with Gasteiger partial charge in [-0.05, 0) is 38.3 Å². The molecular formula is C13H20N2O. The predicted molar refractivity (Wildman–Crippen MR) is 64.2 cm³/mol. The van der Waals surface area contributed by atoms with Crippen molar-refractivity contribution >= 4 is 0 Å². The molecule has 1 aromatic rings. The number of rotatable bonds is 4. The van der Waals surface area contributed by atoms with E-state index in [0.717, 1.165) is 19.6 Å². The quantitative estimate of drug-likeness (QED) is 0.845. The van der Waals surface area contributed by atoms with Gasteiger partial charge in [0.15, 0.2) is 0 Å². The van der Waals surface area contributed by atoms with E-state index in [1.54, 1.807) is 6.20 Å². The van der Waals surface area contributed by atoms with E-state index in [4.69, 9.17) is 4.74 Å². The Kier molecular flexibility index (Phi) is 3.56. The number of pyridine rings is 1. The Balaban J connectivity index is 1.86. The largest absolute Gasteiger partial charge is 0.374 e. The monoisotopic (exact) mass is 220 g/mol. The third-order valence-electron chi connectivity index (χ3n) is 3.27. The van der Waals surface area contributed by atoms with Crippen LogP contribution in [0.1, 0.15) is 38.3 Å². The first kappa shape index (κ1) is 11.6. The molecule has 3 nitrogen and oxygen atoms in total. The Hall–Kier alpha value is -0.930. The van der Waals surface area contributed by atoms with Crippen molar-refractivity contribution in [1.82, 2.24) is 10.3 Å². The molecule has 0 saturated carbocycles. The zero-order valence-electron chi connectivity index (χ0n) is 10.1. The van der Waals surface area contributed by atoms with Crippen molar-refractivity contribution in [3.63, 3.8) is 0 Å². The molecule has 1 aromatic heterocycles. The first-order valence-corrected chi connectivity index (χ1v) is 5.97. The highest BCUT2D eigenvalue weighted by Gasteiger charge is 2.29. The molecule has 0 bridgehead atoms. The fraction of sp³-hybridized carbons (Fsp3) is 0.615. The number of hydrogen-bond donors (Lipinski definition) is 1.